The summed E-state index contributed by atoms with van der Waals surface area (Å²) >= 11 is 12.2. The number of benzene rings is 1. The molecule has 1 N–H and O–H groups in total. The van der Waals surface area contributed by atoms with Crippen molar-refractivity contribution in [3.63, 3.8) is 0 Å². The molecule has 7 heteroatoms. The van der Waals surface area contributed by atoms with Gasteiger partial charge in [-0.25, -0.2) is 0 Å². The molecule has 2 amide bonds. The first kappa shape index (κ1) is 19.2. The van der Waals surface area contributed by atoms with Crippen LogP contribution in [0.25, 0.3) is 6.08 Å². The molecule has 1 heterocycles. The zero-order valence-corrected chi connectivity index (χ0v) is 16.3. The molecule has 1 atom stereocenters. The van der Waals surface area contributed by atoms with Crippen LogP contribution in [0, 0.1) is 0 Å². The van der Waals surface area contributed by atoms with Gasteiger partial charge >= 0.3 is 0 Å². The van der Waals surface area contributed by atoms with Crippen molar-refractivity contribution in [3.05, 3.63) is 39.9 Å². The summed E-state index contributed by atoms with van der Waals surface area (Å²) in [6, 6.07) is 5.46. The number of nitrogens with zero attached hydrogens (tertiary/aromatic N) is 2. The SMILES string of the molecule is CC(C(=O)NC1CC1)N1CCN(C(=O)/C=C/c2c(Cl)cccc2Cl)CC1. The first-order chi connectivity index (χ1) is 12.5. The third kappa shape index (κ3) is 4.78. The van der Waals surface area contributed by atoms with Crippen molar-refractivity contribution in [2.45, 2.75) is 31.8 Å². The molecule has 3 rings (SSSR count). The van der Waals surface area contributed by atoms with Crippen LogP contribution in [0.15, 0.2) is 24.3 Å². The highest BCUT2D eigenvalue weighted by atomic mass is 35.5. The maximum Gasteiger partial charge on any atom is 0.246 e. The molecule has 0 aromatic heterocycles. The minimum absolute atomic E-state index is 0.0734. The summed E-state index contributed by atoms with van der Waals surface area (Å²) in [4.78, 5) is 28.5. The van der Waals surface area contributed by atoms with Crippen LogP contribution in [-0.4, -0.2) is 59.9 Å². The van der Waals surface area contributed by atoms with E-state index in [1.54, 1.807) is 29.2 Å². The normalized spacial score (nSPS) is 19.6. The molecule has 26 heavy (non-hydrogen) atoms. The standard InChI is InChI=1S/C19H23Cl2N3O2/c1-13(19(26)22-14-5-6-14)23-9-11-24(12-10-23)18(25)8-7-15-16(20)3-2-4-17(15)21/h2-4,7-8,13-14H,5-6,9-12H2,1H3,(H,22,26)/b8-7+. The van der Waals surface area contributed by atoms with Crippen molar-refractivity contribution >= 4 is 41.1 Å². The van der Waals surface area contributed by atoms with Crippen molar-refractivity contribution in [2.24, 2.45) is 0 Å². The Morgan fingerprint density at radius 2 is 1.77 bits per heavy atom. The molecule has 1 aliphatic heterocycles. The van der Waals surface area contributed by atoms with Gasteiger partial charge in [0.05, 0.1) is 6.04 Å². The number of carbonyl (C=O) groups excluding carboxylic acids is 2. The van der Waals surface area contributed by atoms with Gasteiger partial charge < -0.3 is 10.2 Å². The predicted octanol–water partition coefficient (Wildman–Crippen LogP) is 2.82. The highest BCUT2D eigenvalue weighted by molar-refractivity contribution is 6.37. The average Bonchev–Trinajstić information content (AvgIpc) is 3.44. The maximum atomic E-state index is 12.4. The molecule has 1 aromatic rings. The van der Waals surface area contributed by atoms with E-state index in [2.05, 4.69) is 10.2 Å². The van der Waals surface area contributed by atoms with Crippen LogP contribution in [0.4, 0.5) is 0 Å². The van der Waals surface area contributed by atoms with Gasteiger partial charge in [-0.3, -0.25) is 14.5 Å². The van der Waals surface area contributed by atoms with Crippen molar-refractivity contribution in [3.8, 4) is 0 Å². The minimum atomic E-state index is -0.162. The fourth-order valence-corrected chi connectivity index (χ4v) is 3.50. The number of hydrogen-bond donors (Lipinski definition) is 1. The Morgan fingerprint density at radius 3 is 2.35 bits per heavy atom. The van der Waals surface area contributed by atoms with E-state index in [1.807, 2.05) is 6.92 Å². The van der Waals surface area contributed by atoms with Gasteiger partial charge in [0, 0.05) is 53.9 Å². The van der Waals surface area contributed by atoms with E-state index in [0.717, 1.165) is 12.8 Å². The largest absolute Gasteiger partial charge is 0.352 e. The lowest BCUT2D eigenvalue weighted by Gasteiger charge is -2.37. The van der Waals surface area contributed by atoms with Crippen LogP contribution in [0.3, 0.4) is 0 Å². The zero-order valence-electron chi connectivity index (χ0n) is 14.8. The third-order valence-electron chi connectivity index (χ3n) is 4.87. The summed E-state index contributed by atoms with van der Waals surface area (Å²) in [5.74, 6) is 0.0104. The van der Waals surface area contributed by atoms with Crippen molar-refractivity contribution < 1.29 is 9.59 Å². The molecule has 0 radical (unpaired) electrons. The van der Waals surface area contributed by atoms with Gasteiger partial charge in [-0.05, 0) is 38.0 Å². The Hall–Kier alpha value is -1.56. The fraction of sp³-hybridized carbons (Fsp3) is 0.474. The highest BCUT2D eigenvalue weighted by Crippen LogP contribution is 2.25. The monoisotopic (exact) mass is 395 g/mol. The zero-order chi connectivity index (χ0) is 18.7. The Labute approximate surface area is 163 Å². The van der Waals surface area contributed by atoms with Crippen molar-refractivity contribution in [1.82, 2.24) is 15.1 Å². The van der Waals surface area contributed by atoms with Gasteiger partial charge in [0.15, 0.2) is 0 Å². The summed E-state index contributed by atoms with van der Waals surface area (Å²) in [6.07, 6.45) is 5.34. The molecule has 1 aromatic carbocycles. The molecule has 1 unspecified atom stereocenters. The topological polar surface area (TPSA) is 52.7 Å². The minimum Gasteiger partial charge on any atom is -0.352 e. The van der Waals surface area contributed by atoms with E-state index in [0.29, 0.717) is 47.8 Å². The molecule has 2 fully saturated rings. The average molecular weight is 396 g/mol. The third-order valence-corrected chi connectivity index (χ3v) is 5.53. The molecule has 0 bridgehead atoms. The second kappa shape index (κ2) is 8.42. The predicted molar refractivity (Wildman–Crippen MR) is 104 cm³/mol. The lowest BCUT2D eigenvalue weighted by molar-refractivity contribution is -0.130. The summed E-state index contributed by atoms with van der Waals surface area (Å²) in [5.41, 5.74) is 0.646. The molecule has 140 valence electrons. The molecule has 2 aliphatic rings. The molecule has 0 spiro atoms. The van der Waals surface area contributed by atoms with Crippen molar-refractivity contribution in [1.29, 1.82) is 0 Å². The van der Waals surface area contributed by atoms with Crippen LogP contribution in [0.5, 0.6) is 0 Å². The van der Waals surface area contributed by atoms with E-state index in [4.69, 9.17) is 23.2 Å². The fourth-order valence-electron chi connectivity index (χ4n) is 2.97. The van der Waals surface area contributed by atoms with Gasteiger partial charge in [-0.2, -0.15) is 0 Å². The van der Waals surface area contributed by atoms with Crippen LogP contribution in [-0.2, 0) is 9.59 Å². The van der Waals surface area contributed by atoms with Crippen molar-refractivity contribution in [2.75, 3.05) is 26.2 Å². The van der Waals surface area contributed by atoms with E-state index >= 15 is 0 Å². The Balaban J connectivity index is 1.51. The van der Waals surface area contributed by atoms with Gasteiger partial charge in [0.2, 0.25) is 11.8 Å². The Kier molecular flexibility index (Phi) is 6.22. The number of rotatable bonds is 5. The summed E-state index contributed by atoms with van der Waals surface area (Å²) in [6.45, 7) is 4.49. The van der Waals surface area contributed by atoms with E-state index in [-0.39, 0.29) is 17.9 Å². The maximum absolute atomic E-state index is 12.4. The van der Waals surface area contributed by atoms with Gasteiger partial charge in [0.1, 0.15) is 0 Å². The van der Waals surface area contributed by atoms with E-state index in [9.17, 15) is 9.59 Å². The first-order valence-electron chi connectivity index (χ1n) is 8.91. The van der Waals surface area contributed by atoms with Crippen LogP contribution in [0.1, 0.15) is 25.3 Å². The molecule has 1 saturated carbocycles. The summed E-state index contributed by atoms with van der Waals surface area (Å²) in [7, 11) is 0. The summed E-state index contributed by atoms with van der Waals surface area (Å²) in [5, 5.41) is 4.07. The number of nitrogens with one attached hydrogen (secondary N) is 1. The molecule has 1 aliphatic carbocycles. The molecular weight excluding hydrogens is 373 g/mol. The molecule has 5 nitrogen and oxygen atoms in total. The first-order valence-corrected chi connectivity index (χ1v) is 9.66. The number of carbonyl (C=O) groups is 2. The van der Waals surface area contributed by atoms with Gasteiger partial charge in [-0.15, -0.1) is 0 Å². The Morgan fingerprint density at radius 1 is 1.15 bits per heavy atom. The number of hydrogen-bond acceptors (Lipinski definition) is 3. The smallest absolute Gasteiger partial charge is 0.246 e. The molecular formula is C19H23Cl2N3O2. The second-order valence-corrected chi connectivity index (χ2v) is 7.60. The van der Waals surface area contributed by atoms with Gasteiger partial charge in [0.25, 0.3) is 0 Å². The van der Waals surface area contributed by atoms with E-state index < -0.39 is 0 Å². The molecule has 1 saturated heterocycles. The second-order valence-electron chi connectivity index (χ2n) is 6.79. The number of halogens is 2. The highest BCUT2D eigenvalue weighted by Gasteiger charge is 2.30. The Bertz CT molecular complexity index is 690. The van der Waals surface area contributed by atoms with Crippen LogP contribution >= 0.6 is 23.2 Å². The summed E-state index contributed by atoms with van der Waals surface area (Å²) < 4.78 is 0. The lowest BCUT2D eigenvalue weighted by atomic mass is 10.2. The van der Waals surface area contributed by atoms with Gasteiger partial charge in [-0.1, -0.05) is 29.3 Å². The van der Waals surface area contributed by atoms with Crippen LogP contribution < -0.4 is 5.32 Å². The lowest BCUT2D eigenvalue weighted by Crippen LogP contribution is -2.55. The van der Waals surface area contributed by atoms with E-state index in [1.165, 1.54) is 6.08 Å². The van der Waals surface area contributed by atoms with Crippen LogP contribution in [0.2, 0.25) is 10.0 Å². The quantitative estimate of drug-likeness (QED) is 0.779. The number of piperazine rings is 1. The number of amides is 2.